The Morgan fingerprint density at radius 3 is 3.00 bits per heavy atom. The van der Waals surface area contributed by atoms with Crippen molar-refractivity contribution in [3.63, 3.8) is 0 Å². The molecule has 0 saturated carbocycles. The predicted molar refractivity (Wildman–Crippen MR) is 81.7 cm³/mol. The van der Waals surface area contributed by atoms with Gasteiger partial charge in [-0.1, -0.05) is 12.1 Å². The highest BCUT2D eigenvalue weighted by atomic mass is 16.5. The molecule has 0 aromatic heterocycles. The number of rotatable bonds is 6. The molecular weight excluding hydrogens is 268 g/mol. The van der Waals surface area contributed by atoms with Crippen molar-refractivity contribution in [2.45, 2.75) is 38.8 Å². The predicted octanol–water partition coefficient (Wildman–Crippen LogP) is 1.85. The zero-order chi connectivity index (χ0) is 15.1. The minimum absolute atomic E-state index is 0.0331. The third-order valence-electron chi connectivity index (χ3n) is 3.47. The van der Waals surface area contributed by atoms with Gasteiger partial charge in [-0.25, -0.2) is 0 Å². The van der Waals surface area contributed by atoms with E-state index in [0.29, 0.717) is 24.7 Å². The third-order valence-corrected chi connectivity index (χ3v) is 3.47. The second kappa shape index (κ2) is 7.88. The van der Waals surface area contributed by atoms with Crippen LogP contribution in [0.15, 0.2) is 18.2 Å². The minimum atomic E-state index is -0.440. The highest BCUT2D eigenvalue weighted by Crippen LogP contribution is 2.33. The summed E-state index contributed by atoms with van der Waals surface area (Å²) in [6, 6.07) is 5.81. The number of ether oxygens (including phenoxy) is 2. The van der Waals surface area contributed by atoms with Crippen LogP contribution in [0, 0.1) is 0 Å². The zero-order valence-corrected chi connectivity index (χ0v) is 12.8. The zero-order valence-electron chi connectivity index (χ0n) is 12.8. The lowest BCUT2D eigenvalue weighted by Gasteiger charge is -2.21. The Balaban J connectivity index is 2.24. The van der Waals surface area contributed by atoms with Gasteiger partial charge >= 0.3 is 0 Å². The Hall–Kier alpha value is -1.75. The van der Waals surface area contributed by atoms with Gasteiger partial charge in [0.05, 0.1) is 6.61 Å². The molecule has 1 amide bonds. The Labute approximate surface area is 126 Å². The van der Waals surface area contributed by atoms with Crippen molar-refractivity contribution in [1.82, 2.24) is 10.6 Å². The van der Waals surface area contributed by atoms with E-state index in [1.165, 1.54) is 0 Å². The second-order valence-electron chi connectivity index (χ2n) is 5.10. The smallest absolute Gasteiger partial charge is 0.261 e. The molecule has 0 aliphatic carbocycles. The lowest BCUT2D eigenvalue weighted by molar-refractivity contribution is -0.127. The van der Waals surface area contributed by atoms with Crippen molar-refractivity contribution in [2.75, 3.05) is 20.2 Å². The summed E-state index contributed by atoms with van der Waals surface area (Å²) in [5, 5.41) is 6.02. The van der Waals surface area contributed by atoms with E-state index >= 15 is 0 Å². The summed E-state index contributed by atoms with van der Waals surface area (Å²) in [7, 11) is 1.88. The normalized spacial score (nSPS) is 18.8. The van der Waals surface area contributed by atoms with Gasteiger partial charge in [-0.15, -0.1) is 0 Å². The molecule has 1 atom stereocenters. The molecule has 5 nitrogen and oxygen atoms in total. The molecule has 0 bridgehead atoms. The summed E-state index contributed by atoms with van der Waals surface area (Å²) in [6.45, 7) is 3.91. The summed E-state index contributed by atoms with van der Waals surface area (Å²) >= 11 is 0. The van der Waals surface area contributed by atoms with E-state index in [9.17, 15) is 4.79 Å². The van der Waals surface area contributed by atoms with Crippen LogP contribution in [0.25, 0.3) is 0 Å². The van der Waals surface area contributed by atoms with Gasteiger partial charge in [-0.2, -0.15) is 0 Å². The summed E-state index contributed by atoms with van der Waals surface area (Å²) in [5.74, 6) is 1.34. The molecule has 1 aromatic rings. The lowest BCUT2D eigenvalue weighted by Crippen LogP contribution is -2.36. The average Bonchev–Trinajstić information content (AvgIpc) is 2.68. The molecule has 1 heterocycles. The first kappa shape index (κ1) is 15.6. The molecule has 116 valence electrons. The van der Waals surface area contributed by atoms with Crippen molar-refractivity contribution in [3.05, 3.63) is 23.8 Å². The largest absolute Gasteiger partial charge is 0.490 e. The van der Waals surface area contributed by atoms with Crippen LogP contribution in [0.3, 0.4) is 0 Å². The maximum Gasteiger partial charge on any atom is 0.261 e. The number of carbonyl (C=O) groups is 1. The fraction of sp³-hybridized carbons (Fsp3) is 0.562. The van der Waals surface area contributed by atoms with Crippen molar-refractivity contribution in [3.8, 4) is 11.5 Å². The SMILES string of the molecule is CCOc1cccc(CNC)c1OC1CCCCNC1=O. The molecule has 1 aliphatic rings. The van der Waals surface area contributed by atoms with Crippen molar-refractivity contribution < 1.29 is 14.3 Å². The highest BCUT2D eigenvalue weighted by molar-refractivity contribution is 5.81. The average molecular weight is 292 g/mol. The van der Waals surface area contributed by atoms with Gasteiger partial charge in [0.2, 0.25) is 0 Å². The highest BCUT2D eigenvalue weighted by Gasteiger charge is 2.24. The topological polar surface area (TPSA) is 59.6 Å². The Morgan fingerprint density at radius 2 is 2.24 bits per heavy atom. The molecule has 1 saturated heterocycles. The number of amides is 1. The fourth-order valence-corrected chi connectivity index (χ4v) is 2.46. The van der Waals surface area contributed by atoms with E-state index in [1.807, 2.05) is 32.2 Å². The molecule has 21 heavy (non-hydrogen) atoms. The van der Waals surface area contributed by atoms with Crippen LogP contribution in [0.5, 0.6) is 11.5 Å². The number of hydrogen-bond donors (Lipinski definition) is 2. The van der Waals surface area contributed by atoms with Crippen LogP contribution in [-0.4, -0.2) is 32.2 Å². The summed E-state index contributed by atoms with van der Waals surface area (Å²) in [6.07, 6.45) is 2.29. The molecule has 0 spiro atoms. The fourth-order valence-electron chi connectivity index (χ4n) is 2.46. The molecule has 1 fully saturated rings. The van der Waals surface area contributed by atoms with Gasteiger partial charge in [-0.05, 0) is 39.3 Å². The van der Waals surface area contributed by atoms with E-state index in [2.05, 4.69) is 10.6 Å². The van der Waals surface area contributed by atoms with Crippen LogP contribution in [0.2, 0.25) is 0 Å². The van der Waals surface area contributed by atoms with Crippen molar-refractivity contribution >= 4 is 5.91 Å². The molecule has 1 aliphatic heterocycles. The number of hydrogen-bond acceptors (Lipinski definition) is 4. The number of benzene rings is 1. The Kier molecular flexibility index (Phi) is 5.87. The van der Waals surface area contributed by atoms with E-state index in [-0.39, 0.29) is 5.91 Å². The second-order valence-corrected chi connectivity index (χ2v) is 5.10. The van der Waals surface area contributed by atoms with Gasteiger partial charge in [0.1, 0.15) is 0 Å². The summed E-state index contributed by atoms with van der Waals surface area (Å²) in [4.78, 5) is 12.1. The Morgan fingerprint density at radius 1 is 1.38 bits per heavy atom. The molecular formula is C16H24N2O3. The quantitative estimate of drug-likeness (QED) is 0.840. The van der Waals surface area contributed by atoms with Crippen LogP contribution >= 0.6 is 0 Å². The van der Waals surface area contributed by atoms with Crippen LogP contribution in [0.4, 0.5) is 0 Å². The summed E-state index contributed by atoms with van der Waals surface area (Å²) < 4.78 is 11.7. The minimum Gasteiger partial charge on any atom is -0.490 e. The monoisotopic (exact) mass is 292 g/mol. The van der Waals surface area contributed by atoms with Gasteiger partial charge in [0.25, 0.3) is 5.91 Å². The maximum absolute atomic E-state index is 12.1. The van der Waals surface area contributed by atoms with Crippen LogP contribution in [-0.2, 0) is 11.3 Å². The first-order valence-corrected chi connectivity index (χ1v) is 7.60. The third kappa shape index (κ3) is 4.11. The van der Waals surface area contributed by atoms with Gasteiger partial charge in [0, 0.05) is 18.7 Å². The number of para-hydroxylation sites is 1. The van der Waals surface area contributed by atoms with Gasteiger partial charge in [0.15, 0.2) is 17.6 Å². The maximum atomic E-state index is 12.1. The molecule has 2 rings (SSSR count). The first-order chi connectivity index (χ1) is 10.3. The first-order valence-electron chi connectivity index (χ1n) is 7.60. The lowest BCUT2D eigenvalue weighted by atomic mass is 10.1. The van der Waals surface area contributed by atoms with E-state index < -0.39 is 6.10 Å². The van der Waals surface area contributed by atoms with Gasteiger partial charge < -0.3 is 20.1 Å². The van der Waals surface area contributed by atoms with Crippen molar-refractivity contribution in [1.29, 1.82) is 0 Å². The molecule has 1 aromatic carbocycles. The molecule has 0 radical (unpaired) electrons. The van der Waals surface area contributed by atoms with Crippen LogP contribution in [0.1, 0.15) is 31.7 Å². The van der Waals surface area contributed by atoms with Crippen LogP contribution < -0.4 is 20.1 Å². The molecule has 2 N–H and O–H groups in total. The standard InChI is InChI=1S/C16H24N2O3/c1-3-20-13-9-6-7-12(11-17-2)15(13)21-14-8-4-5-10-18-16(14)19/h6-7,9,14,17H,3-5,8,10-11H2,1-2H3,(H,18,19). The molecule has 5 heteroatoms. The van der Waals surface area contributed by atoms with E-state index in [4.69, 9.17) is 9.47 Å². The van der Waals surface area contributed by atoms with E-state index in [0.717, 1.165) is 31.4 Å². The van der Waals surface area contributed by atoms with Crippen molar-refractivity contribution in [2.24, 2.45) is 0 Å². The Bertz CT molecular complexity index is 452. The number of nitrogens with one attached hydrogen (secondary N) is 2. The van der Waals surface area contributed by atoms with E-state index in [1.54, 1.807) is 0 Å². The van der Waals surface area contributed by atoms with Gasteiger partial charge in [-0.3, -0.25) is 4.79 Å². The molecule has 1 unspecified atom stereocenters. The summed E-state index contributed by atoms with van der Waals surface area (Å²) in [5.41, 5.74) is 1.00. The number of carbonyl (C=O) groups excluding carboxylic acids is 1.